The van der Waals surface area contributed by atoms with Gasteiger partial charge in [-0.15, -0.1) is 0 Å². The van der Waals surface area contributed by atoms with Crippen LogP contribution in [-0.4, -0.2) is 10.4 Å². The maximum atomic E-state index is 13.2. The highest BCUT2D eigenvalue weighted by molar-refractivity contribution is 5.99. The van der Waals surface area contributed by atoms with Gasteiger partial charge in [0, 0.05) is 29.9 Å². The zero-order valence-corrected chi connectivity index (χ0v) is 22.2. The lowest BCUT2D eigenvalue weighted by molar-refractivity contribution is 0.0975. The van der Waals surface area contributed by atoms with Gasteiger partial charge in [0.25, 0.3) is 0 Å². The average molecular weight is 448 g/mol. The zero-order chi connectivity index (χ0) is 24.0. The van der Waals surface area contributed by atoms with E-state index in [0.717, 1.165) is 24.4 Å². The second-order valence-electron chi connectivity index (χ2n) is 13.0. The van der Waals surface area contributed by atoms with Gasteiger partial charge in [0.15, 0.2) is 5.78 Å². The van der Waals surface area contributed by atoms with E-state index in [9.17, 15) is 4.79 Å². The van der Waals surface area contributed by atoms with E-state index in [4.69, 9.17) is 0 Å². The molecule has 0 unspecified atom stereocenters. The van der Waals surface area contributed by atoms with Gasteiger partial charge < -0.3 is 4.57 Å². The molecule has 2 aliphatic carbocycles. The number of aromatic nitrogens is 1. The Labute approximate surface area is 202 Å². The van der Waals surface area contributed by atoms with Crippen LogP contribution >= 0.6 is 0 Å². The van der Waals surface area contributed by atoms with Crippen molar-refractivity contribution in [1.82, 2.24) is 4.57 Å². The molecule has 0 N–H and O–H groups in total. The van der Waals surface area contributed by atoms with Crippen molar-refractivity contribution in [2.75, 3.05) is 0 Å². The average Bonchev–Trinajstić information content (AvgIpc) is 3.50. The Hall–Kier alpha value is -1.83. The molecule has 1 aromatic carbocycles. The normalized spacial score (nSPS) is 18.0. The van der Waals surface area contributed by atoms with Gasteiger partial charge in [-0.25, -0.2) is 0 Å². The summed E-state index contributed by atoms with van der Waals surface area (Å²) in [6.45, 7) is 17.0. The van der Waals surface area contributed by atoms with Crippen LogP contribution in [0.5, 0.6) is 0 Å². The molecule has 0 spiro atoms. The number of hydrogen-bond acceptors (Lipinski definition) is 1. The predicted molar refractivity (Wildman–Crippen MR) is 140 cm³/mol. The van der Waals surface area contributed by atoms with Crippen molar-refractivity contribution < 1.29 is 4.79 Å². The highest BCUT2D eigenvalue weighted by Gasteiger charge is 2.29. The Morgan fingerprint density at radius 1 is 0.818 bits per heavy atom. The van der Waals surface area contributed by atoms with Crippen LogP contribution < -0.4 is 0 Å². The summed E-state index contributed by atoms with van der Waals surface area (Å²) in [4.78, 5) is 13.2. The van der Waals surface area contributed by atoms with Crippen molar-refractivity contribution in [1.29, 1.82) is 0 Å². The van der Waals surface area contributed by atoms with E-state index in [0.29, 0.717) is 11.7 Å². The summed E-state index contributed by atoms with van der Waals surface area (Å²) in [5.41, 5.74) is 7.57. The van der Waals surface area contributed by atoms with Crippen molar-refractivity contribution in [3.63, 3.8) is 0 Å². The van der Waals surface area contributed by atoms with E-state index < -0.39 is 0 Å². The molecule has 1 aromatic heterocycles. The second kappa shape index (κ2) is 9.08. The van der Waals surface area contributed by atoms with Crippen molar-refractivity contribution >= 4 is 5.78 Å². The van der Waals surface area contributed by atoms with Crippen molar-refractivity contribution in [2.45, 2.75) is 117 Å². The Kier molecular flexibility index (Phi) is 6.69. The van der Waals surface area contributed by atoms with Gasteiger partial charge in [0.05, 0.1) is 0 Å². The summed E-state index contributed by atoms with van der Waals surface area (Å²) in [7, 11) is 0. The maximum absolute atomic E-state index is 13.2. The minimum Gasteiger partial charge on any atom is -0.344 e. The molecule has 2 saturated carbocycles. The number of benzene rings is 1. The van der Waals surface area contributed by atoms with Gasteiger partial charge in [-0.3, -0.25) is 4.79 Å². The molecular formula is C31H45NO. The lowest BCUT2D eigenvalue weighted by Crippen LogP contribution is -2.18. The monoisotopic (exact) mass is 447 g/mol. The summed E-state index contributed by atoms with van der Waals surface area (Å²) in [6, 6.07) is 9.40. The molecule has 0 radical (unpaired) electrons. The highest BCUT2D eigenvalue weighted by atomic mass is 16.1. The Balaban J connectivity index is 1.83. The topological polar surface area (TPSA) is 22.0 Å². The summed E-state index contributed by atoms with van der Waals surface area (Å²) < 4.78 is 2.50. The third-order valence-electron chi connectivity index (χ3n) is 7.96. The number of rotatable bonds is 6. The predicted octanol–water partition coefficient (Wildman–Crippen LogP) is 8.62. The molecule has 0 saturated heterocycles. The zero-order valence-electron chi connectivity index (χ0n) is 22.2. The molecule has 180 valence electrons. The molecule has 2 aromatic rings. The first-order valence-electron chi connectivity index (χ1n) is 13.3. The third-order valence-corrected chi connectivity index (χ3v) is 7.96. The lowest BCUT2D eigenvalue weighted by atomic mass is 9.79. The van der Waals surface area contributed by atoms with Crippen LogP contribution in [0.4, 0.5) is 0 Å². The van der Waals surface area contributed by atoms with Crippen LogP contribution in [0, 0.1) is 18.8 Å². The van der Waals surface area contributed by atoms with Gasteiger partial charge in [-0.2, -0.15) is 0 Å². The number of carbonyl (C=O) groups is 1. The van der Waals surface area contributed by atoms with Crippen LogP contribution in [0.2, 0.25) is 0 Å². The van der Waals surface area contributed by atoms with E-state index in [2.05, 4.69) is 77.3 Å². The van der Waals surface area contributed by atoms with E-state index in [1.54, 1.807) is 0 Å². The molecular weight excluding hydrogens is 402 g/mol. The minimum atomic E-state index is 0.0798. The fraction of sp³-hybridized carbons (Fsp3) is 0.645. The quantitative estimate of drug-likeness (QED) is 0.406. The largest absolute Gasteiger partial charge is 0.344 e. The molecule has 0 atom stereocenters. The van der Waals surface area contributed by atoms with Crippen LogP contribution in [0.1, 0.15) is 120 Å². The first-order chi connectivity index (χ1) is 15.4. The van der Waals surface area contributed by atoms with Crippen LogP contribution in [0.3, 0.4) is 0 Å². The number of nitrogens with zero attached hydrogens (tertiary/aromatic N) is 1. The fourth-order valence-corrected chi connectivity index (χ4v) is 5.37. The SMILES string of the molecule is Cc1c(C(=O)CC2CC2)cc(-c2cc(C(C)(C)C)cc(C(C)(C)C)c2)n1CC1CCCCC1. The molecule has 33 heavy (non-hydrogen) atoms. The van der Waals surface area contributed by atoms with Crippen LogP contribution in [0.25, 0.3) is 11.3 Å². The molecule has 2 aliphatic rings. The number of carbonyl (C=O) groups excluding carboxylic acids is 1. The Morgan fingerprint density at radius 2 is 1.39 bits per heavy atom. The summed E-state index contributed by atoms with van der Waals surface area (Å²) in [5, 5.41) is 0. The minimum absolute atomic E-state index is 0.0798. The van der Waals surface area contributed by atoms with Gasteiger partial charge in [0.2, 0.25) is 0 Å². The van der Waals surface area contributed by atoms with Gasteiger partial charge >= 0.3 is 0 Å². The fourth-order valence-electron chi connectivity index (χ4n) is 5.37. The van der Waals surface area contributed by atoms with Crippen molar-refractivity contribution in [2.24, 2.45) is 11.8 Å². The highest BCUT2D eigenvalue weighted by Crippen LogP contribution is 2.38. The molecule has 2 nitrogen and oxygen atoms in total. The summed E-state index contributed by atoms with van der Waals surface area (Å²) in [5.74, 6) is 1.70. The smallest absolute Gasteiger partial charge is 0.164 e. The van der Waals surface area contributed by atoms with Gasteiger partial charge in [-0.1, -0.05) is 66.9 Å². The third kappa shape index (κ3) is 5.64. The molecule has 0 bridgehead atoms. The Morgan fingerprint density at radius 3 is 1.91 bits per heavy atom. The standard InChI is InChI=1S/C31H45NO/c1-21-27(29(33)15-22-13-14-22)19-28(32(21)20-23-11-9-8-10-12-23)24-16-25(30(2,3)4)18-26(17-24)31(5,6)7/h16-19,22-23H,8-15,20H2,1-7H3. The van der Waals surface area contributed by atoms with E-state index in [-0.39, 0.29) is 10.8 Å². The number of Topliss-reactive ketones (excluding diaryl/α,β-unsaturated/α-hetero) is 1. The van der Waals surface area contributed by atoms with Gasteiger partial charge in [-0.05, 0) is 90.2 Å². The molecule has 1 heterocycles. The van der Waals surface area contributed by atoms with Crippen LogP contribution in [0.15, 0.2) is 24.3 Å². The molecule has 2 heteroatoms. The first-order valence-corrected chi connectivity index (χ1v) is 13.3. The van der Waals surface area contributed by atoms with E-state index in [1.807, 2.05) is 0 Å². The molecule has 2 fully saturated rings. The van der Waals surface area contributed by atoms with E-state index in [1.165, 1.54) is 73.0 Å². The van der Waals surface area contributed by atoms with Gasteiger partial charge in [0.1, 0.15) is 0 Å². The van der Waals surface area contributed by atoms with Crippen molar-refractivity contribution in [3.8, 4) is 11.3 Å². The summed E-state index contributed by atoms with van der Waals surface area (Å²) >= 11 is 0. The Bertz CT molecular complexity index is 969. The molecule has 0 amide bonds. The van der Waals surface area contributed by atoms with E-state index >= 15 is 0 Å². The lowest BCUT2D eigenvalue weighted by Gasteiger charge is -2.27. The maximum Gasteiger partial charge on any atom is 0.164 e. The van der Waals surface area contributed by atoms with Crippen LogP contribution in [-0.2, 0) is 17.4 Å². The molecule has 4 rings (SSSR count). The number of ketones is 1. The first kappa shape index (κ1) is 24.3. The molecule has 0 aliphatic heterocycles. The van der Waals surface area contributed by atoms with Crippen molar-refractivity contribution in [3.05, 3.63) is 46.6 Å². The summed E-state index contributed by atoms with van der Waals surface area (Å²) in [6.07, 6.45) is 9.88. The number of hydrogen-bond donors (Lipinski definition) is 0. The second-order valence-corrected chi connectivity index (χ2v) is 13.0.